The zero-order chi connectivity index (χ0) is 14.8. The standard InChI is InChI=1S/C17H18N2OS/c1-12-11-15-16(21-12)18-13(2)19(17(15)20)10-6-9-14-7-4-3-5-8-14/h3-5,7-8,11H,6,9-10H2,1-2H3. The van der Waals surface area contributed by atoms with Crippen LogP contribution in [0.15, 0.2) is 41.2 Å². The summed E-state index contributed by atoms with van der Waals surface area (Å²) in [5.74, 6) is 0.808. The predicted octanol–water partition coefficient (Wildman–Crippen LogP) is 3.71. The van der Waals surface area contributed by atoms with E-state index in [-0.39, 0.29) is 5.56 Å². The second kappa shape index (κ2) is 5.82. The Bertz CT molecular complexity index is 818. The number of aryl methyl sites for hydroxylation is 3. The molecular formula is C17H18N2OS. The summed E-state index contributed by atoms with van der Waals surface area (Å²) in [5, 5.41) is 0.753. The van der Waals surface area contributed by atoms with Gasteiger partial charge in [0.1, 0.15) is 10.7 Å². The van der Waals surface area contributed by atoms with E-state index in [1.54, 1.807) is 15.9 Å². The molecule has 3 rings (SSSR count). The van der Waals surface area contributed by atoms with Crippen LogP contribution in [0.25, 0.3) is 10.2 Å². The topological polar surface area (TPSA) is 34.9 Å². The van der Waals surface area contributed by atoms with Crippen molar-refractivity contribution in [1.29, 1.82) is 0 Å². The third kappa shape index (κ3) is 2.90. The van der Waals surface area contributed by atoms with E-state index in [4.69, 9.17) is 0 Å². The van der Waals surface area contributed by atoms with Gasteiger partial charge < -0.3 is 0 Å². The van der Waals surface area contributed by atoms with Gasteiger partial charge in [-0.05, 0) is 38.3 Å². The van der Waals surface area contributed by atoms with Crippen LogP contribution in [0.5, 0.6) is 0 Å². The van der Waals surface area contributed by atoms with Gasteiger partial charge in [-0.3, -0.25) is 9.36 Å². The average molecular weight is 298 g/mol. The molecular weight excluding hydrogens is 280 g/mol. The van der Waals surface area contributed by atoms with E-state index in [2.05, 4.69) is 29.2 Å². The number of hydrogen-bond acceptors (Lipinski definition) is 3. The molecule has 0 N–H and O–H groups in total. The third-order valence-electron chi connectivity index (χ3n) is 3.66. The number of aromatic nitrogens is 2. The van der Waals surface area contributed by atoms with E-state index >= 15 is 0 Å². The molecule has 2 heterocycles. The van der Waals surface area contributed by atoms with E-state index in [1.165, 1.54) is 5.56 Å². The minimum absolute atomic E-state index is 0.0925. The lowest BCUT2D eigenvalue weighted by molar-refractivity contribution is 0.599. The Morgan fingerprint density at radius 3 is 2.71 bits per heavy atom. The predicted molar refractivity (Wildman–Crippen MR) is 88.1 cm³/mol. The van der Waals surface area contributed by atoms with Gasteiger partial charge in [0.25, 0.3) is 5.56 Å². The molecule has 0 atom stereocenters. The van der Waals surface area contributed by atoms with Gasteiger partial charge in [-0.15, -0.1) is 11.3 Å². The zero-order valence-corrected chi connectivity index (χ0v) is 13.1. The highest BCUT2D eigenvalue weighted by atomic mass is 32.1. The lowest BCUT2D eigenvalue weighted by Crippen LogP contribution is -2.23. The highest BCUT2D eigenvalue weighted by molar-refractivity contribution is 7.18. The van der Waals surface area contributed by atoms with Gasteiger partial charge in [0.2, 0.25) is 0 Å². The first kappa shape index (κ1) is 14.0. The van der Waals surface area contributed by atoms with Crippen LogP contribution in [-0.4, -0.2) is 9.55 Å². The molecule has 0 aliphatic heterocycles. The summed E-state index contributed by atoms with van der Waals surface area (Å²) in [7, 11) is 0. The molecule has 3 aromatic rings. The fourth-order valence-electron chi connectivity index (χ4n) is 2.59. The van der Waals surface area contributed by atoms with Crippen molar-refractivity contribution in [3.63, 3.8) is 0 Å². The van der Waals surface area contributed by atoms with Gasteiger partial charge in [0.15, 0.2) is 0 Å². The van der Waals surface area contributed by atoms with Crippen molar-refractivity contribution in [3.05, 3.63) is 63.0 Å². The molecule has 0 saturated heterocycles. The highest BCUT2D eigenvalue weighted by Crippen LogP contribution is 2.20. The zero-order valence-electron chi connectivity index (χ0n) is 12.3. The Morgan fingerprint density at radius 1 is 1.19 bits per heavy atom. The van der Waals surface area contributed by atoms with Crippen LogP contribution >= 0.6 is 11.3 Å². The quantitative estimate of drug-likeness (QED) is 0.736. The largest absolute Gasteiger partial charge is 0.296 e. The van der Waals surface area contributed by atoms with Crippen molar-refractivity contribution in [2.45, 2.75) is 33.2 Å². The number of nitrogens with zero attached hydrogens (tertiary/aromatic N) is 2. The molecule has 2 aromatic heterocycles. The number of fused-ring (bicyclic) bond motifs is 1. The summed E-state index contributed by atoms with van der Waals surface area (Å²) >= 11 is 1.59. The average Bonchev–Trinajstić information content (AvgIpc) is 2.84. The van der Waals surface area contributed by atoms with E-state index in [0.717, 1.165) is 40.3 Å². The fourth-order valence-corrected chi connectivity index (χ4v) is 3.50. The van der Waals surface area contributed by atoms with Crippen molar-refractivity contribution in [2.24, 2.45) is 0 Å². The number of hydrogen-bond donors (Lipinski definition) is 0. The monoisotopic (exact) mass is 298 g/mol. The summed E-state index contributed by atoms with van der Waals surface area (Å²) < 4.78 is 1.80. The first-order valence-corrected chi connectivity index (χ1v) is 7.98. The smallest absolute Gasteiger partial charge is 0.262 e. The van der Waals surface area contributed by atoms with Crippen LogP contribution in [0, 0.1) is 13.8 Å². The summed E-state index contributed by atoms with van der Waals surface area (Å²) in [6.45, 7) is 4.65. The number of benzene rings is 1. The van der Waals surface area contributed by atoms with Crippen molar-refractivity contribution in [2.75, 3.05) is 0 Å². The van der Waals surface area contributed by atoms with Crippen LogP contribution < -0.4 is 5.56 Å². The van der Waals surface area contributed by atoms with E-state index in [1.807, 2.05) is 26.0 Å². The Hall–Kier alpha value is -1.94. The molecule has 4 heteroatoms. The van der Waals surface area contributed by atoms with Gasteiger partial charge in [0.05, 0.1) is 5.39 Å². The maximum Gasteiger partial charge on any atom is 0.262 e. The molecule has 0 radical (unpaired) electrons. The van der Waals surface area contributed by atoms with Crippen molar-refractivity contribution >= 4 is 21.6 Å². The molecule has 3 nitrogen and oxygen atoms in total. The minimum atomic E-state index is 0.0925. The summed E-state index contributed by atoms with van der Waals surface area (Å²) in [6, 6.07) is 12.3. The van der Waals surface area contributed by atoms with Crippen molar-refractivity contribution in [3.8, 4) is 0 Å². The van der Waals surface area contributed by atoms with E-state index < -0.39 is 0 Å². The summed E-state index contributed by atoms with van der Waals surface area (Å²) in [5.41, 5.74) is 1.40. The molecule has 0 saturated carbocycles. The van der Waals surface area contributed by atoms with Crippen LogP contribution in [0.1, 0.15) is 22.7 Å². The van der Waals surface area contributed by atoms with E-state index in [9.17, 15) is 4.79 Å². The Kier molecular flexibility index (Phi) is 3.88. The van der Waals surface area contributed by atoms with Gasteiger partial charge in [-0.1, -0.05) is 30.3 Å². The maximum absolute atomic E-state index is 12.5. The van der Waals surface area contributed by atoms with Crippen LogP contribution in [0.4, 0.5) is 0 Å². The van der Waals surface area contributed by atoms with E-state index in [0.29, 0.717) is 0 Å². The SMILES string of the molecule is Cc1cc2c(=O)n(CCCc3ccccc3)c(C)nc2s1. The second-order valence-electron chi connectivity index (χ2n) is 5.28. The first-order chi connectivity index (χ1) is 10.1. The molecule has 21 heavy (non-hydrogen) atoms. The Labute approximate surface area is 127 Å². The molecule has 0 aliphatic rings. The Morgan fingerprint density at radius 2 is 1.95 bits per heavy atom. The minimum Gasteiger partial charge on any atom is -0.296 e. The number of thiophene rings is 1. The lowest BCUT2D eigenvalue weighted by Gasteiger charge is -2.09. The third-order valence-corrected chi connectivity index (χ3v) is 4.60. The van der Waals surface area contributed by atoms with Gasteiger partial charge >= 0.3 is 0 Å². The molecule has 108 valence electrons. The number of rotatable bonds is 4. The van der Waals surface area contributed by atoms with Crippen LogP contribution in [-0.2, 0) is 13.0 Å². The van der Waals surface area contributed by atoms with Crippen molar-refractivity contribution < 1.29 is 0 Å². The molecule has 1 aromatic carbocycles. The Balaban J connectivity index is 1.82. The van der Waals surface area contributed by atoms with Gasteiger partial charge in [-0.25, -0.2) is 4.98 Å². The van der Waals surface area contributed by atoms with Crippen LogP contribution in [0.2, 0.25) is 0 Å². The fraction of sp³-hybridized carbons (Fsp3) is 0.294. The lowest BCUT2D eigenvalue weighted by atomic mass is 10.1. The van der Waals surface area contributed by atoms with Gasteiger partial charge in [0, 0.05) is 11.4 Å². The highest BCUT2D eigenvalue weighted by Gasteiger charge is 2.10. The summed E-state index contributed by atoms with van der Waals surface area (Å²) in [6.07, 6.45) is 1.93. The molecule has 0 amide bonds. The molecule has 0 unspecified atom stereocenters. The summed E-state index contributed by atoms with van der Waals surface area (Å²) in [4.78, 5) is 19.1. The van der Waals surface area contributed by atoms with Crippen molar-refractivity contribution in [1.82, 2.24) is 9.55 Å². The molecule has 0 bridgehead atoms. The molecule has 0 spiro atoms. The normalized spacial score (nSPS) is 11.1. The van der Waals surface area contributed by atoms with Gasteiger partial charge in [-0.2, -0.15) is 0 Å². The molecule has 0 fully saturated rings. The first-order valence-electron chi connectivity index (χ1n) is 7.16. The maximum atomic E-state index is 12.5. The second-order valence-corrected chi connectivity index (χ2v) is 6.52. The molecule has 0 aliphatic carbocycles. The van der Waals surface area contributed by atoms with Crippen LogP contribution in [0.3, 0.4) is 0 Å².